The highest BCUT2D eigenvalue weighted by Gasteiger charge is 2.23. The van der Waals surface area contributed by atoms with Gasteiger partial charge in [0.2, 0.25) is 0 Å². The predicted octanol–water partition coefficient (Wildman–Crippen LogP) is 3.77. The summed E-state index contributed by atoms with van der Waals surface area (Å²) in [5.74, 6) is -0.512. The molecule has 3 rings (SSSR count). The SMILES string of the molecule is [CH2]C1Cc2cccc(-c3ccc(F)cc3F)c2O1. The summed E-state index contributed by atoms with van der Waals surface area (Å²) in [6.45, 7) is 3.85. The van der Waals surface area contributed by atoms with Crippen LogP contribution in [0.4, 0.5) is 8.78 Å². The van der Waals surface area contributed by atoms with Crippen molar-refractivity contribution in [3.63, 3.8) is 0 Å². The average molecular weight is 245 g/mol. The van der Waals surface area contributed by atoms with Gasteiger partial charge >= 0.3 is 0 Å². The number of ether oxygens (including phenoxy) is 1. The van der Waals surface area contributed by atoms with Gasteiger partial charge in [-0.05, 0) is 24.6 Å². The second kappa shape index (κ2) is 4.09. The number of halogens is 2. The summed E-state index contributed by atoms with van der Waals surface area (Å²) in [6, 6.07) is 9.11. The van der Waals surface area contributed by atoms with E-state index in [0.717, 1.165) is 11.6 Å². The maximum atomic E-state index is 13.8. The summed E-state index contributed by atoms with van der Waals surface area (Å²) >= 11 is 0. The van der Waals surface area contributed by atoms with Gasteiger partial charge in [-0.15, -0.1) is 0 Å². The highest BCUT2D eigenvalue weighted by molar-refractivity contribution is 5.73. The van der Waals surface area contributed by atoms with E-state index in [9.17, 15) is 8.78 Å². The molecule has 0 fully saturated rings. The molecular weight excluding hydrogens is 234 g/mol. The molecule has 0 aliphatic carbocycles. The van der Waals surface area contributed by atoms with Gasteiger partial charge in [0, 0.05) is 23.6 Å². The maximum absolute atomic E-state index is 13.8. The Morgan fingerprint density at radius 3 is 2.72 bits per heavy atom. The third-order valence-corrected chi connectivity index (χ3v) is 3.05. The van der Waals surface area contributed by atoms with E-state index in [1.807, 2.05) is 12.1 Å². The fourth-order valence-corrected chi connectivity index (χ4v) is 2.26. The van der Waals surface area contributed by atoms with Crippen molar-refractivity contribution in [2.45, 2.75) is 12.5 Å². The van der Waals surface area contributed by atoms with E-state index in [0.29, 0.717) is 23.3 Å². The second-order valence-electron chi connectivity index (χ2n) is 4.36. The third kappa shape index (κ3) is 1.76. The molecule has 0 N–H and O–H groups in total. The van der Waals surface area contributed by atoms with Crippen LogP contribution in [0.1, 0.15) is 5.56 Å². The first-order valence-corrected chi connectivity index (χ1v) is 5.72. The topological polar surface area (TPSA) is 9.23 Å². The number of fused-ring (bicyclic) bond motifs is 1. The third-order valence-electron chi connectivity index (χ3n) is 3.05. The van der Waals surface area contributed by atoms with Crippen molar-refractivity contribution in [2.75, 3.05) is 0 Å². The van der Waals surface area contributed by atoms with Crippen molar-refractivity contribution >= 4 is 0 Å². The lowest BCUT2D eigenvalue weighted by Gasteiger charge is -2.10. The molecule has 18 heavy (non-hydrogen) atoms. The zero-order valence-electron chi connectivity index (χ0n) is 9.62. The molecule has 2 aromatic rings. The van der Waals surface area contributed by atoms with Gasteiger partial charge in [0.1, 0.15) is 23.5 Å². The van der Waals surface area contributed by atoms with Crippen LogP contribution in [-0.4, -0.2) is 6.10 Å². The molecule has 0 amide bonds. The highest BCUT2D eigenvalue weighted by Crippen LogP contribution is 2.39. The zero-order chi connectivity index (χ0) is 12.7. The van der Waals surface area contributed by atoms with Crippen LogP contribution < -0.4 is 4.74 Å². The van der Waals surface area contributed by atoms with Crippen LogP contribution in [0.2, 0.25) is 0 Å². The minimum absolute atomic E-state index is 0.148. The van der Waals surface area contributed by atoms with E-state index in [4.69, 9.17) is 4.74 Å². The van der Waals surface area contributed by atoms with E-state index >= 15 is 0 Å². The first-order valence-electron chi connectivity index (χ1n) is 5.72. The van der Waals surface area contributed by atoms with Crippen LogP contribution in [0.3, 0.4) is 0 Å². The second-order valence-corrected chi connectivity index (χ2v) is 4.36. The molecule has 0 saturated carbocycles. The molecule has 3 heteroatoms. The molecule has 1 aliphatic rings. The van der Waals surface area contributed by atoms with Crippen LogP contribution >= 0.6 is 0 Å². The molecule has 1 radical (unpaired) electrons. The predicted molar refractivity (Wildman–Crippen MR) is 65.3 cm³/mol. The number of benzene rings is 2. The van der Waals surface area contributed by atoms with Crippen molar-refractivity contribution < 1.29 is 13.5 Å². The van der Waals surface area contributed by atoms with Crippen LogP contribution in [-0.2, 0) is 6.42 Å². The van der Waals surface area contributed by atoms with Crippen molar-refractivity contribution in [1.29, 1.82) is 0 Å². The van der Waals surface area contributed by atoms with Gasteiger partial charge in [0.05, 0.1) is 0 Å². The molecule has 1 atom stereocenters. The monoisotopic (exact) mass is 245 g/mol. The summed E-state index contributed by atoms with van der Waals surface area (Å²) < 4.78 is 32.3. The minimum Gasteiger partial charge on any atom is -0.489 e. The highest BCUT2D eigenvalue weighted by atomic mass is 19.1. The van der Waals surface area contributed by atoms with Gasteiger partial charge in [0.25, 0.3) is 0 Å². The van der Waals surface area contributed by atoms with Crippen LogP contribution in [0.25, 0.3) is 11.1 Å². The Morgan fingerprint density at radius 1 is 1.11 bits per heavy atom. The lowest BCUT2D eigenvalue weighted by molar-refractivity contribution is 0.282. The summed E-state index contributed by atoms with van der Waals surface area (Å²) in [6.07, 6.45) is 0.566. The van der Waals surface area contributed by atoms with E-state index in [1.54, 1.807) is 6.07 Å². The molecule has 0 spiro atoms. The van der Waals surface area contributed by atoms with E-state index in [2.05, 4.69) is 6.92 Å². The van der Waals surface area contributed by atoms with E-state index in [1.165, 1.54) is 12.1 Å². The molecule has 2 aromatic carbocycles. The van der Waals surface area contributed by atoms with Crippen molar-refractivity contribution in [3.8, 4) is 16.9 Å². The molecule has 1 unspecified atom stereocenters. The van der Waals surface area contributed by atoms with Crippen LogP contribution in [0.15, 0.2) is 36.4 Å². The fourth-order valence-electron chi connectivity index (χ4n) is 2.26. The number of hydrogen-bond acceptors (Lipinski definition) is 1. The Hall–Kier alpha value is -1.90. The van der Waals surface area contributed by atoms with Crippen molar-refractivity contribution in [2.24, 2.45) is 0 Å². The Balaban J connectivity index is 2.16. The molecule has 1 aliphatic heterocycles. The molecular formula is C15H11F2O. The minimum atomic E-state index is -0.584. The fraction of sp³-hybridized carbons (Fsp3) is 0.133. The average Bonchev–Trinajstić information content (AvgIpc) is 2.69. The van der Waals surface area contributed by atoms with Crippen molar-refractivity contribution in [3.05, 3.63) is 60.5 Å². The van der Waals surface area contributed by atoms with E-state index in [-0.39, 0.29) is 6.10 Å². The van der Waals surface area contributed by atoms with Gasteiger partial charge in [-0.2, -0.15) is 0 Å². The zero-order valence-corrected chi connectivity index (χ0v) is 9.62. The van der Waals surface area contributed by atoms with Crippen LogP contribution in [0, 0.1) is 18.6 Å². The first-order chi connectivity index (χ1) is 8.65. The van der Waals surface area contributed by atoms with Gasteiger partial charge < -0.3 is 4.74 Å². The molecule has 0 bridgehead atoms. The quantitative estimate of drug-likeness (QED) is 0.743. The molecule has 91 valence electrons. The van der Waals surface area contributed by atoms with Crippen LogP contribution in [0.5, 0.6) is 5.75 Å². The normalized spacial score (nSPS) is 17.4. The summed E-state index contributed by atoms with van der Waals surface area (Å²) in [4.78, 5) is 0. The molecule has 0 saturated heterocycles. The number of rotatable bonds is 1. The first kappa shape index (κ1) is 11.2. The standard InChI is InChI=1S/C15H11F2O/c1-9-7-10-3-2-4-13(15(10)18-9)12-6-5-11(16)8-14(12)17/h2-6,8-9H,1,7H2. The summed E-state index contributed by atoms with van der Waals surface area (Å²) in [5, 5.41) is 0. The largest absolute Gasteiger partial charge is 0.489 e. The Labute approximate surface area is 104 Å². The lowest BCUT2D eigenvalue weighted by atomic mass is 10.0. The molecule has 1 heterocycles. The maximum Gasteiger partial charge on any atom is 0.134 e. The summed E-state index contributed by atoms with van der Waals surface area (Å²) in [7, 11) is 0. The Kier molecular flexibility index (Phi) is 2.54. The summed E-state index contributed by atoms with van der Waals surface area (Å²) in [5.41, 5.74) is 2.01. The smallest absolute Gasteiger partial charge is 0.134 e. The van der Waals surface area contributed by atoms with Gasteiger partial charge in [0.15, 0.2) is 0 Å². The Bertz CT molecular complexity index is 607. The van der Waals surface area contributed by atoms with E-state index < -0.39 is 11.6 Å². The van der Waals surface area contributed by atoms with Crippen molar-refractivity contribution in [1.82, 2.24) is 0 Å². The Morgan fingerprint density at radius 2 is 1.94 bits per heavy atom. The number of hydrogen-bond donors (Lipinski definition) is 0. The number of para-hydroxylation sites is 1. The van der Waals surface area contributed by atoms with Gasteiger partial charge in [-0.1, -0.05) is 18.2 Å². The van der Waals surface area contributed by atoms with Gasteiger partial charge in [-0.3, -0.25) is 0 Å². The molecule has 0 aromatic heterocycles. The van der Waals surface area contributed by atoms with Gasteiger partial charge in [-0.25, -0.2) is 8.78 Å². The molecule has 1 nitrogen and oxygen atoms in total. The lowest BCUT2D eigenvalue weighted by Crippen LogP contribution is -2.06.